The highest BCUT2D eigenvalue weighted by Gasteiger charge is 2.32. The highest BCUT2D eigenvalue weighted by molar-refractivity contribution is 7.98. The lowest BCUT2D eigenvalue weighted by Gasteiger charge is -2.30. The van der Waals surface area contributed by atoms with Crippen LogP contribution in [0.3, 0.4) is 0 Å². The van der Waals surface area contributed by atoms with Gasteiger partial charge in [-0.05, 0) is 51.0 Å². The summed E-state index contributed by atoms with van der Waals surface area (Å²) in [6.07, 6.45) is 1.52. The maximum atomic E-state index is 16.6. The van der Waals surface area contributed by atoms with Crippen LogP contribution in [-0.2, 0) is 10.5 Å². The summed E-state index contributed by atoms with van der Waals surface area (Å²) in [5, 5.41) is 0.136. The third-order valence-electron chi connectivity index (χ3n) is 6.36. The Morgan fingerprint density at radius 2 is 1.92 bits per heavy atom. The molecule has 1 aliphatic rings. The number of hydrogen-bond donors (Lipinski definition) is 0. The van der Waals surface area contributed by atoms with Gasteiger partial charge in [0, 0.05) is 23.3 Å². The van der Waals surface area contributed by atoms with Crippen molar-refractivity contribution in [2.75, 3.05) is 13.2 Å². The number of thioether (sulfide) groups is 1. The minimum Gasteiger partial charge on any atom is -0.488 e. The van der Waals surface area contributed by atoms with Crippen LogP contribution in [0.15, 0.2) is 58.4 Å². The Labute approximate surface area is 218 Å². The van der Waals surface area contributed by atoms with Crippen LogP contribution in [0, 0.1) is 19.7 Å². The normalized spacial score (nSPS) is 14.5. The smallest absolute Gasteiger partial charge is 0.343 e. The first-order chi connectivity index (χ1) is 17.8. The van der Waals surface area contributed by atoms with Crippen molar-refractivity contribution in [1.29, 1.82) is 0 Å². The molecule has 2 aromatic heterocycles. The monoisotopic (exact) mass is 518 g/mol. The second kappa shape index (κ2) is 10.0. The molecular formula is C29H27FN2O4S. The van der Waals surface area contributed by atoms with Crippen molar-refractivity contribution in [3.8, 4) is 16.9 Å². The Morgan fingerprint density at radius 1 is 1.22 bits per heavy atom. The average Bonchev–Trinajstić information content (AvgIpc) is 2.86. The summed E-state index contributed by atoms with van der Waals surface area (Å²) in [5.74, 6) is -0.526. The minimum absolute atomic E-state index is 0.113. The molecule has 1 atom stereocenters. The van der Waals surface area contributed by atoms with Gasteiger partial charge in [-0.1, -0.05) is 30.3 Å². The SMILES string of the molecule is CCOC(=O)c1cn2c3c(c(-c4cc(C)nc(C)c4)c(F)c(SCc4ccccc4)c3c1=O)OC[C@@H]2C. The number of carbonyl (C=O) groups excluding carboxylic acids is 1. The minimum atomic E-state index is -0.720. The summed E-state index contributed by atoms with van der Waals surface area (Å²) in [6, 6.07) is 13.1. The zero-order valence-electron chi connectivity index (χ0n) is 21.1. The lowest BCUT2D eigenvalue weighted by atomic mass is 9.98. The van der Waals surface area contributed by atoms with Crippen LogP contribution in [0.2, 0.25) is 0 Å². The van der Waals surface area contributed by atoms with Crippen LogP contribution in [0.25, 0.3) is 22.0 Å². The number of aromatic nitrogens is 2. The first-order valence-corrected chi connectivity index (χ1v) is 13.1. The predicted molar refractivity (Wildman–Crippen MR) is 143 cm³/mol. The van der Waals surface area contributed by atoms with E-state index in [0.717, 1.165) is 17.0 Å². The van der Waals surface area contributed by atoms with Crippen LogP contribution in [-0.4, -0.2) is 28.7 Å². The molecular weight excluding hydrogens is 491 g/mol. The molecule has 190 valence electrons. The van der Waals surface area contributed by atoms with Crippen LogP contribution in [0.5, 0.6) is 5.75 Å². The van der Waals surface area contributed by atoms with Crippen molar-refractivity contribution in [1.82, 2.24) is 9.55 Å². The molecule has 3 heterocycles. The molecule has 0 amide bonds. The summed E-state index contributed by atoms with van der Waals surface area (Å²) >= 11 is 1.24. The van der Waals surface area contributed by atoms with E-state index in [0.29, 0.717) is 28.1 Å². The van der Waals surface area contributed by atoms with Gasteiger partial charge in [0.15, 0.2) is 5.75 Å². The van der Waals surface area contributed by atoms with E-state index in [2.05, 4.69) is 4.98 Å². The maximum Gasteiger partial charge on any atom is 0.343 e. The number of nitrogens with zero attached hydrogens (tertiary/aromatic N) is 2. The Kier molecular flexibility index (Phi) is 6.77. The predicted octanol–water partition coefficient (Wildman–Crippen LogP) is 6.24. The first-order valence-electron chi connectivity index (χ1n) is 12.2. The standard InChI is InChI=1S/C29H27FN2O4S/c1-5-35-29(34)21-13-32-18(4)14-36-27-22(20-11-16(2)31-17(3)12-20)24(30)28(23(25(27)32)26(21)33)37-15-19-9-7-6-8-10-19/h6-13,18H,5,14-15H2,1-4H3/t18-/m0/s1. The van der Waals surface area contributed by atoms with Gasteiger partial charge in [0.25, 0.3) is 0 Å². The molecule has 0 saturated heterocycles. The molecule has 6 nitrogen and oxygen atoms in total. The number of benzene rings is 2. The third-order valence-corrected chi connectivity index (χ3v) is 7.51. The molecule has 1 aliphatic heterocycles. The number of aryl methyl sites for hydroxylation is 2. The average molecular weight is 519 g/mol. The summed E-state index contributed by atoms with van der Waals surface area (Å²) in [4.78, 5) is 31.2. The molecule has 4 aromatic rings. The second-order valence-electron chi connectivity index (χ2n) is 9.14. The molecule has 0 radical (unpaired) electrons. The van der Waals surface area contributed by atoms with Crippen molar-refractivity contribution in [2.24, 2.45) is 0 Å². The number of halogens is 1. The van der Waals surface area contributed by atoms with E-state index in [9.17, 15) is 9.59 Å². The molecule has 0 fully saturated rings. The van der Waals surface area contributed by atoms with Gasteiger partial charge in [-0.25, -0.2) is 9.18 Å². The van der Waals surface area contributed by atoms with Gasteiger partial charge < -0.3 is 14.0 Å². The number of hydrogen-bond acceptors (Lipinski definition) is 6. The summed E-state index contributed by atoms with van der Waals surface area (Å²) in [6.45, 7) is 7.72. The second-order valence-corrected chi connectivity index (χ2v) is 10.1. The molecule has 0 bridgehead atoms. The third kappa shape index (κ3) is 4.50. The van der Waals surface area contributed by atoms with E-state index in [4.69, 9.17) is 9.47 Å². The van der Waals surface area contributed by atoms with E-state index in [-0.39, 0.29) is 35.1 Å². The van der Waals surface area contributed by atoms with E-state index in [1.165, 1.54) is 18.0 Å². The van der Waals surface area contributed by atoms with Gasteiger partial charge in [-0.15, -0.1) is 11.8 Å². The van der Waals surface area contributed by atoms with Gasteiger partial charge in [-0.3, -0.25) is 9.78 Å². The molecule has 2 aromatic carbocycles. The molecule has 0 spiro atoms. The van der Waals surface area contributed by atoms with Crippen molar-refractivity contribution in [3.63, 3.8) is 0 Å². The molecule has 0 saturated carbocycles. The summed E-state index contributed by atoms with van der Waals surface area (Å²) < 4.78 is 29.8. The van der Waals surface area contributed by atoms with Crippen LogP contribution >= 0.6 is 11.8 Å². The van der Waals surface area contributed by atoms with Gasteiger partial charge >= 0.3 is 5.97 Å². The Hall–Kier alpha value is -3.65. The van der Waals surface area contributed by atoms with Crippen LogP contribution in [0.1, 0.15) is 47.2 Å². The van der Waals surface area contributed by atoms with Crippen molar-refractivity contribution < 1.29 is 18.7 Å². The molecule has 5 rings (SSSR count). The van der Waals surface area contributed by atoms with E-state index < -0.39 is 17.2 Å². The Balaban J connectivity index is 1.87. The highest BCUT2D eigenvalue weighted by atomic mass is 32.2. The van der Waals surface area contributed by atoms with E-state index in [1.54, 1.807) is 6.92 Å². The molecule has 0 N–H and O–H groups in total. The number of ether oxygens (including phenoxy) is 2. The number of carbonyl (C=O) groups is 1. The van der Waals surface area contributed by atoms with E-state index in [1.807, 2.05) is 67.8 Å². The van der Waals surface area contributed by atoms with Gasteiger partial charge in [0.1, 0.15) is 18.0 Å². The fourth-order valence-corrected chi connectivity index (χ4v) is 5.81. The maximum absolute atomic E-state index is 16.6. The molecule has 0 aliphatic carbocycles. The van der Waals surface area contributed by atoms with Crippen molar-refractivity contribution in [3.05, 3.63) is 87.2 Å². The lowest BCUT2D eigenvalue weighted by molar-refractivity contribution is 0.0523. The molecule has 8 heteroatoms. The highest BCUT2D eigenvalue weighted by Crippen LogP contribution is 2.47. The molecule has 0 unspecified atom stereocenters. The number of pyridine rings is 2. The Morgan fingerprint density at radius 3 is 2.59 bits per heavy atom. The summed E-state index contributed by atoms with van der Waals surface area (Å²) in [5.41, 5.74) is 3.21. The molecule has 37 heavy (non-hydrogen) atoms. The first kappa shape index (κ1) is 25.0. The van der Waals surface area contributed by atoms with Gasteiger partial charge in [0.2, 0.25) is 5.43 Å². The lowest BCUT2D eigenvalue weighted by Crippen LogP contribution is -2.28. The zero-order valence-corrected chi connectivity index (χ0v) is 21.9. The van der Waals surface area contributed by atoms with Crippen LogP contribution < -0.4 is 10.2 Å². The van der Waals surface area contributed by atoms with E-state index >= 15 is 4.39 Å². The summed E-state index contributed by atoms with van der Waals surface area (Å²) in [7, 11) is 0. The number of rotatable bonds is 6. The van der Waals surface area contributed by atoms with Gasteiger partial charge in [0.05, 0.1) is 34.0 Å². The zero-order chi connectivity index (χ0) is 26.3. The van der Waals surface area contributed by atoms with Crippen molar-refractivity contribution >= 4 is 28.6 Å². The van der Waals surface area contributed by atoms with Crippen LogP contribution in [0.4, 0.5) is 4.39 Å². The fourth-order valence-electron chi connectivity index (χ4n) is 4.74. The topological polar surface area (TPSA) is 70.4 Å². The number of esters is 1. The van der Waals surface area contributed by atoms with Gasteiger partial charge in [-0.2, -0.15) is 0 Å². The Bertz CT molecular complexity index is 1560. The quantitative estimate of drug-likeness (QED) is 0.222. The van der Waals surface area contributed by atoms with Crippen molar-refractivity contribution in [2.45, 2.75) is 44.4 Å². The fraction of sp³-hybridized carbons (Fsp3) is 0.276. The largest absolute Gasteiger partial charge is 0.488 e.